The highest BCUT2D eigenvalue weighted by Gasteiger charge is 2.10. The number of aromatic nitrogens is 5. The smallest absolute Gasteiger partial charge is 0.247 e. The lowest BCUT2D eigenvalue weighted by molar-refractivity contribution is -0.116. The molecular weight excluding hydrogens is 300 g/mol. The van der Waals surface area contributed by atoms with Crippen molar-refractivity contribution in [3.05, 3.63) is 11.9 Å². The molecule has 0 radical (unpaired) electrons. The van der Waals surface area contributed by atoms with Gasteiger partial charge in [0.15, 0.2) is 0 Å². The van der Waals surface area contributed by atoms with Gasteiger partial charge in [-0.3, -0.25) is 10.1 Å². The molecule has 108 valence electrons. The molecule has 0 aliphatic carbocycles. The molecule has 10 heteroatoms. The van der Waals surface area contributed by atoms with Crippen molar-refractivity contribution in [1.82, 2.24) is 24.4 Å². The minimum Gasteiger partial charge on any atom is -0.390 e. The van der Waals surface area contributed by atoms with E-state index < -0.39 is 0 Å². The standard InChI is InChI=1S/C10H14N6O2S2/c1-2-3-19-10-12-9(20-14-10)11-8(18)5-16-4-7(6-17)13-15-16/h4,17H,2-3,5-6H2,1H3,(H,11,12,14,18). The van der Waals surface area contributed by atoms with Crippen molar-refractivity contribution >= 4 is 34.3 Å². The number of amides is 1. The Morgan fingerprint density at radius 2 is 2.45 bits per heavy atom. The first kappa shape index (κ1) is 14.9. The van der Waals surface area contributed by atoms with Gasteiger partial charge in [0.05, 0.1) is 12.8 Å². The summed E-state index contributed by atoms with van der Waals surface area (Å²) in [6.07, 6.45) is 2.56. The first-order valence-electron chi connectivity index (χ1n) is 5.97. The summed E-state index contributed by atoms with van der Waals surface area (Å²) in [6.45, 7) is 1.90. The minimum absolute atomic E-state index is 0.0179. The van der Waals surface area contributed by atoms with E-state index in [9.17, 15) is 4.79 Å². The van der Waals surface area contributed by atoms with Crippen molar-refractivity contribution < 1.29 is 9.90 Å². The summed E-state index contributed by atoms with van der Waals surface area (Å²) >= 11 is 2.71. The maximum absolute atomic E-state index is 11.8. The van der Waals surface area contributed by atoms with Crippen molar-refractivity contribution in [2.45, 2.75) is 31.7 Å². The van der Waals surface area contributed by atoms with Crippen molar-refractivity contribution in [3.63, 3.8) is 0 Å². The Morgan fingerprint density at radius 3 is 3.15 bits per heavy atom. The number of carbonyl (C=O) groups is 1. The zero-order chi connectivity index (χ0) is 14.4. The van der Waals surface area contributed by atoms with E-state index in [1.165, 1.54) is 10.9 Å². The number of aliphatic hydroxyl groups excluding tert-OH is 1. The number of thioether (sulfide) groups is 1. The van der Waals surface area contributed by atoms with E-state index >= 15 is 0 Å². The number of hydrogen-bond acceptors (Lipinski definition) is 8. The number of rotatable bonds is 7. The second-order valence-electron chi connectivity index (χ2n) is 3.84. The molecule has 20 heavy (non-hydrogen) atoms. The summed E-state index contributed by atoms with van der Waals surface area (Å²) in [5.41, 5.74) is 0.423. The third kappa shape index (κ3) is 4.25. The second kappa shape index (κ2) is 7.31. The number of carbonyl (C=O) groups excluding carboxylic acids is 1. The molecule has 2 rings (SSSR count). The van der Waals surface area contributed by atoms with Crippen LogP contribution >= 0.6 is 23.3 Å². The van der Waals surface area contributed by atoms with E-state index in [2.05, 4.69) is 31.9 Å². The van der Waals surface area contributed by atoms with Crippen LogP contribution in [0.15, 0.2) is 11.4 Å². The summed E-state index contributed by atoms with van der Waals surface area (Å²) < 4.78 is 5.50. The number of aliphatic hydroxyl groups is 1. The molecule has 2 heterocycles. The van der Waals surface area contributed by atoms with Gasteiger partial charge >= 0.3 is 0 Å². The summed E-state index contributed by atoms with van der Waals surface area (Å²) in [6, 6.07) is 0. The average molecular weight is 314 g/mol. The fourth-order valence-corrected chi connectivity index (χ4v) is 2.72. The molecule has 8 nitrogen and oxygen atoms in total. The van der Waals surface area contributed by atoms with Gasteiger partial charge in [0, 0.05) is 17.3 Å². The number of hydrogen-bond donors (Lipinski definition) is 2. The maximum Gasteiger partial charge on any atom is 0.247 e. The molecule has 0 atom stereocenters. The van der Waals surface area contributed by atoms with Crippen LogP contribution in [0.3, 0.4) is 0 Å². The Bertz CT molecular complexity index is 570. The summed E-state index contributed by atoms with van der Waals surface area (Å²) in [5.74, 6) is 0.690. The van der Waals surface area contributed by atoms with Gasteiger partial charge in [0.2, 0.25) is 16.2 Å². The van der Waals surface area contributed by atoms with E-state index in [1.807, 2.05) is 0 Å². The van der Waals surface area contributed by atoms with Crippen LogP contribution in [-0.4, -0.2) is 41.1 Å². The van der Waals surface area contributed by atoms with Gasteiger partial charge in [-0.2, -0.15) is 9.36 Å². The Hall–Kier alpha value is -1.52. The van der Waals surface area contributed by atoms with Crippen LogP contribution in [0.5, 0.6) is 0 Å². The fourth-order valence-electron chi connectivity index (χ4n) is 1.31. The number of nitrogens with zero attached hydrogens (tertiary/aromatic N) is 5. The predicted molar refractivity (Wildman–Crippen MR) is 75.5 cm³/mol. The summed E-state index contributed by atoms with van der Waals surface area (Å²) in [4.78, 5) is 16.0. The molecule has 2 aromatic rings. The van der Waals surface area contributed by atoms with E-state index in [4.69, 9.17) is 5.11 Å². The lowest BCUT2D eigenvalue weighted by Crippen LogP contribution is -2.19. The average Bonchev–Trinajstić information content (AvgIpc) is 3.05. The van der Waals surface area contributed by atoms with Crippen LogP contribution in [0.4, 0.5) is 5.13 Å². The van der Waals surface area contributed by atoms with Gasteiger partial charge in [-0.1, -0.05) is 23.9 Å². The van der Waals surface area contributed by atoms with Crippen molar-refractivity contribution in [3.8, 4) is 0 Å². The van der Waals surface area contributed by atoms with Gasteiger partial charge in [-0.25, -0.2) is 4.68 Å². The highest BCUT2D eigenvalue weighted by atomic mass is 32.2. The van der Waals surface area contributed by atoms with Crippen LogP contribution in [0.25, 0.3) is 0 Å². The monoisotopic (exact) mass is 314 g/mol. The third-order valence-electron chi connectivity index (χ3n) is 2.14. The summed E-state index contributed by atoms with van der Waals surface area (Å²) in [5, 5.41) is 20.1. The molecule has 0 fully saturated rings. The first-order chi connectivity index (χ1) is 9.71. The van der Waals surface area contributed by atoms with Crippen molar-refractivity contribution in [2.75, 3.05) is 11.1 Å². The van der Waals surface area contributed by atoms with Crippen LogP contribution in [0, 0.1) is 0 Å². The molecule has 0 saturated heterocycles. The second-order valence-corrected chi connectivity index (χ2v) is 5.66. The Morgan fingerprint density at radius 1 is 1.60 bits per heavy atom. The van der Waals surface area contributed by atoms with Gasteiger partial charge in [-0.15, -0.1) is 5.10 Å². The topological polar surface area (TPSA) is 106 Å². The molecule has 2 N–H and O–H groups in total. The minimum atomic E-state index is -0.261. The van der Waals surface area contributed by atoms with E-state index in [0.717, 1.165) is 23.7 Å². The van der Waals surface area contributed by atoms with Crippen LogP contribution in [-0.2, 0) is 17.9 Å². The highest BCUT2D eigenvalue weighted by molar-refractivity contribution is 7.99. The van der Waals surface area contributed by atoms with E-state index in [0.29, 0.717) is 16.0 Å². The largest absolute Gasteiger partial charge is 0.390 e. The van der Waals surface area contributed by atoms with Crippen molar-refractivity contribution in [2.24, 2.45) is 0 Å². The van der Waals surface area contributed by atoms with Crippen molar-refractivity contribution in [1.29, 1.82) is 0 Å². The molecular formula is C10H14N6O2S2. The normalized spacial score (nSPS) is 10.7. The Balaban J connectivity index is 1.86. The molecule has 0 aromatic carbocycles. The predicted octanol–water partition coefficient (Wildman–Crippen LogP) is 0.763. The van der Waals surface area contributed by atoms with Crippen LogP contribution in [0.2, 0.25) is 0 Å². The molecule has 1 amide bonds. The quantitative estimate of drug-likeness (QED) is 0.727. The molecule has 0 unspecified atom stereocenters. The lowest BCUT2D eigenvalue weighted by Gasteiger charge is -2.00. The van der Waals surface area contributed by atoms with Gasteiger partial charge in [0.25, 0.3) is 0 Å². The Kier molecular flexibility index (Phi) is 5.44. The zero-order valence-electron chi connectivity index (χ0n) is 10.8. The third-order valence-corrected chi connectivity index (χ3v) is 3.94. The highest BCUT2D eigenvalue weighted by Crippen LogP contribution is 2.20. The molecule has 0 aliphatic rings. The summed E-state index contributed by atoms with van der Waals surface area (Å²) in [7, 11) is 0. The van der Waals surface area contributed by atoms with Gasteiger partial charge in [-0.05, 0) is 6.42 Å². The first-order valence-corrected chi connectivity index (χ1v) is 7.73. The SMILES string of the molecule is CCCSc1nsc(NC(=O)Cn2cc(CO)nn2)n1. The van der Waals surface area contributed by atoms with Gasteiger partial charge < -0.3 is 5.11 Å². The molecule has 0 spiro atoms. The fraction of sp³-hybridized carbons (Fsp3) is 0.500. The van der Waals surface area contributed by atoms with E-state index in [-0.39, 0.29) is 19.1 Å². The number of anilines is 1. The van der Waals surface area contributed by atoms with Crippen LogP contribution in [0.1, 0.15) is 19.0 Å². The number of nitrogens with one attached hydrogen (secondary N) is 1. The van der Waals surface area contributed by atoms with E-state index in [1.54, 1.807) is 11.8 Å². The Labute approximate surface area is 123 Å². The molecule has 0 saturated carbocycles. The van der Waals surface area contributed by atoms with Crippen LogP contribution < -0.4 is 5.32 Å². The maximum atomic E-state index is 11.8. The van der Waals surface area contributed by atoms with Gasteiger partial charge in [0.1, 0.15) is 12.2 Å². The lowest BCUT2D eigenvalue weighted by atomic mass is 10.5. The molecule has 0 bridgehead atoms. The molecule has 0 aliphatic heterocycles. The molecule has 2 aromatic heterocycles. The zero-order valence-corrected chi connectivity index (χ0v) is 12.4.